The number of aliphatic carboxylic acids is 1. The molecule has 3 aromatic rings. The molecular weight excluding hydrogens is 380 g/mol. The third-order valence-electron chi connectivity index (χ3n) is 3.50. The predicted molar refractivity (Wildman–Crippen MR) is 95.2 cm³/mol. The molecule has 0 radical (unpaired) electrons. The topological polar surface area (TPSA) is 55.1 Å². The Balaban J connectivity index is 2.27. The summed E-state index contributed by atoms with van der Waals surface area (Å²) in [4.78, 5) is 15.1. The van der Waals surface area contributed by atoms with Gasteiger partial charge in [0, 0.05) is 10.5 Å². The summed E-state index contributed by atoms with van der Waals surface area (Å²) in [7, 11) is 0. The van der Waals surface area contributed by atoms with E-state index < -0.39 is 5.97 Å². The van der Waals surface area contributed by atoms with Gasteiger partial charge < -0.3 is 5.11 Å². The van der Waals surface area contributed by atoms with E-state index in [1.54, 1.807) is 0 Å². The van der Waals surface area contributed by atoms with Crippen LogP contribution >= 0.6 is 27.5 Å². The summed E-state index contributed by atoms with van der Waals surface area (Å²) in [5.41, 5.74) is 1.38. The number of carboxylic acids is 1. The zero-order chi connectivity index (χ0) is 16.6. The molecule has 3 rings (SSSR count). The van der Waals surface area contributed by atoms with Crippen molar-refractivity contribution in [3.8, 4) is 5.69 Å². The average molecular weight is 392 g/mol. The molecule has 4 nitrogen and oxygen atoms in total. The van der Waals surface area contributed by atoms with E-state index in [0.717, 1.165) is 27.0 Å². The lowest BCUT2D eigenvalue weighted by atomic mass is 10.1. The van der Waals surface area contributed by atoms with Crippen LogP contribution < -0.4 is 0 Å². The molecule has 0 bridgehead atoms. The molecule has 0 aliphatic carbocycles. The van der Waals surface area contributed by atoms with Crippen molar-refractivity contribution in [3.05, 3.63) is 63.6 Å². The van der Waals surface area contributed by atoms with Crippen molar-refractivity contribution >= 4 is 50.3 Å². The van der Waals surface area contributed by atoms with Crippen LogP contribution in [0.2, 0.25) is 5.15 Å². The monoisotopic (exact) mass is 390 g/mol. The number of imidazole rings is 1. The van der Waals surface area contributed by atoms with Crippen LogP contribution in [-0.2, 0) is 4.79 Å². The minimum absolute atomic E-state index is 0.264. The van der Waals surface area contributed by atoms with Gasteiger partial charge in [-0.05, 0) is 45.8 Å². The SMILES string of the molecule is Cc1nc(Cl)c(/C=C/C(=O)O)n1-c1ccc2ccccc2c1Br. The number of fused-ring (bicyclic) bond motifs is 1. The molecule has 2 aromatic carbocycles. The fourth-order valence-corrected chi connectivity index (χ4v) is 3.45. The number of aryl methyl sites for hydroxylation is 1. The summed E-state index contributed by atoms with van der Waals surface area (Å²) in [6.07, 6.45) is 2.50. The Morgan fingerprint density at radius 3 is 2.78 bits per heavy atom. The Bertz CT molecular complexity index is 947. The lowest BCUT2D eigenvalue weighted by Gasteiger charge is -2.12. The molecule has 0 saturated heterocycles. The molecule has 1 aromatic heterocycles. The Labute approximate surface area is 146 Å². The number of rotatable bonds is 3. The van der Waals surface area contributed by atoms with E-state index in [4.69, 9.17) is 16.7 Å². The molecular formula is C17H12BrClN2O2. The summed E-state index contributed by atoms with van der Waals surface area (Å²) in [5.74, 6) is -0.361. The molecule has 1 N–H and O–H groups in total. The van der Waals surface area contributed by atoms with Gasteiger partial charge in [-0.25, -0.2) is 9.78 Å². The van der Waals surface area contributed by atoms with E-state index in [0.29, 0.717) is 11.5 Å². The van der Waals surface area contributed by atoms with E-state index >= 15 is 0 Å². The summed E-state index contributed by atoms with van der Waals surface area (Å²) in [6.45, 7) is 1.83. The molecule has 0 aliphatic heterocycles. The molecule has 0 saturated carbocycles. The number of hydrogen-bond donors (Lipinski definition) is 1. The van der Waals surface area contributed by atoms with E-state index in [1.165, 1.54) is 6.08 Å². The normalized spacial score (nSPS) is 11.4. The summed E-state index contributed by atoms with van der Waals surface area (Å²) >= 11 is 9.81. The van der Waals surface area contributed by atoms with E-state index in [1.807, 2.05) is 47.9 Å². The van der Waals surface area contributed by atoms with Crippen LogP contribution in [0.3, 0.4) is 0 Å². The minimum Gasteiger partial charge on any atom is -0.478 e. The van der Waals surface area contributed by atoms with Crippen molar-refractivity contribution in [3.63, 3.8) is 0 Å². The Kier molecular flexibility index (Phi) is 4.24. The maximum atomic E-state index is 10.8. The predicted octanol–water partition coefficient (Wildman–Crippen LogP) is 4.85. The van der Waals surface area contributed by atoms with Gasteiger partial charge in [-0.1, -0.05) is 41.9 Å². The Morgan fingerprint density at radius 1 is 1.30 bits per heavy atom. The number of hydrogen-bond acceptors (Lipinski definition) is 2. The molecule has 6 heteroatoms. The third-order valence-corrected chi connectivity index (χ3v) is 4.61. The van der Waals surface area contributed by atoms with Gasteiger partial charge >= 0.3 is 5.97 Å². The zero-order valence-electron chi connectivity index (χ0n) is 12.1. The number of benzene rings is 2. The highest BCUT2D eigenvalue weighted by Crippen LogP contribution is 2.33. The molecule has 0 unspecified atom stereocenters. The average Bonchev–Trinajstić information content (AvgIpc) is 2.80. The highest BCUT2D eigenvalue weighted by atomic mass is 79.9. The van der Waals surface area contributed by atoms with Gasteiger partial charge in [-0.3, -0.25) is 4.57 Å². The molecule has 23 heavy (non-hydrogen) atoms. The van der Waals surface area contributed by atoms with Gasteiger partial charge in [-0.2, -0.15) is 0 Å². The van der Waals surface area contributed by atoms with Crippen LogP contribution in [0.4, 0.5) is 0 Å². The Hall–Kier alpha value is -2.11. The maximum absolute atomic E-state index is 10.8. The number of nitrogens with zero attached hydrogens (tertiary/aromatic N) is 2. The summed E-state index contributed by atoms with van der Waals surface area (Å²) in [5, 5.41) is 11.3. The number of halogens is 2. The molecule has 116 valence electrons. The second kappa shape index (κ2) is 6.18. The van der Waals surface area contributed by atoms with Crippen LogP contribution in [0, 0.1) is 6.92 Å². The number of aromatic nitrogens is 2. The van der Waals surface area contributed by atoms with Gasteiger partial charge in [0.1, 0.15) is 5.82 Å². The molecule has 0 spiro atoms. The first-order valence-electron chi connectivity index (χ1n) is 6.82. The molecule has 0 atom stereocenters. The second-order valence-corrected chi connectivity index (χ2v) is 6.11. The van der Waals surface area contributed by atoms with E-state index in [2.05, 4.69) is 20.9 Å². The number of carbonyl (C=O) groups is 1. The van der Waals surface area contributed by atoms with Gasteiger partial charge in [0.05, 0.1) is 11.4 Å². The van der Waals surface area contributed by atoms with Gasteiger partial charge in [0.2, 0.25) is 0 Å². The molecule has 0 amide bonds. The summed E-state index contributed by atoms with van der Waals surface area (Å²) < 4.78 is 2.73. The van der Waals surface area contributed by atoms with Crippen molar-refractivity contribution in [2.75, 3.05) is 0 Å². The smallest absolute Gasteiger partial charge is 0.328 e. The van der Waals surface area contributed by atoms with Gasteiger partial charge in [-0.15, -0.1) is 0 Å². The quantitative estimate of drug-likeness (QED) is 0.650. The van der Waals surface area contributed by atoms with Crippen LogP contribution in [0.5, 0.6) is 0 Å². The highest BCUT2D eigenvalue weighted by molar-refractivity contribution is 9.10. The summed E-state index contributed by atoms with van der Waals surface area (Å²) in [6, 6.07) is 12.0. The van der Waals surface area contributed by atoms with Crippen LogP contribution in [0.25, 0.3) is 22.5 Å². The molecule has 1 heterocycles. The van der Waals surface area contributed by atoms with Crippen molar-refractivity contribution in [2.24, 2.45) is 0 Å². The van der Waals surface area contributed by atoms with E-state index in [9.17, 15) is 4.79 Å². The lowest BCUT2D eigenvalue weighted by Crippen LogP contribution is -2.01. The van der Waals surface area contributed by atoms with Crippen LogP contribution in [0.1, 0.15) is 11.5 Å². The molecule has 0 fully saturated rings. The first-order chi connectivity index (χ1) is 11.0. The minimum atomic E-state index is -1.04. The fraction of sp³-hybridized carbons (Fsp3) is 0.0588. The van der Waals surface area contributed by atoms with Crippen LogP contribution in [-0.4, -0.2) is 20.6 Å². The van der Waals surface area contributed by atoms with Gasteiger partial charge in [0.25, 0.3) is 0 Å². The Morgan fingerprint density at radius 2 is 2.04 bits per heavy atom. The van der Waals surface area contributed by atoms with Crippen molar-refractivity contribution in [2.45, 2.75) is 6.92 Å². The molecule has 0 aliphatic rings. The van der Waals surface area contributed by atoms with Crippen LogP contribution in [0.15, 0.2) is 46.9 Å². The highest BCUT2D eigenvalue weighted by Gasteiger charge is 2.16. The first kappa shape index (κ1) is 15.8. The second-order valence-electron chi connectivity index (χ2n) is 4.96. The van der Waals surface area contributed by atoms with Crippen molar-refractivity contribution in [1.29, 1.82) is 0 Å². The van der Waals surface area contributed by atoms with E-state index in [-0.39, 0.29) is 5.15 Å². The number of carboxylic acid groups (broad SMARTS) is 1. The fourth-order valence-electron chi connectivity index (χ4n) is 2.51. The lowest BCUT2D eigenvalue weighted by molar-refractivity contribution is -0.131. The van der Waals surface area contributed by atoms with Crippen molar-refractivity contribution in [1.82, 2.24) is 9.55 Å². The maximum Gasteiger partial charge on any atom is 0.328 e. The largest absolute Gasteiger partial charge is 0.478 e. The van der Waals surface area contributed by atoms with Crippen molar-refractivity contribution < 1.29 is 9.90 Å². The first-order valence-corrected chi connectivity index (χ1v) is 7.99. The third kappa shape index (κ3) is 2.90. The van der Waals surface area contributed by atoms with Gasteiger partial charge in [0.15, 0.2) is 5.15 Å². The standard InChI is InChI=1S/C17H12BrClN2O2/c1-10-20-17(19)14(8-9-15(22)23)21(10)13-7-6-11-4-2-3-5-12(11)16(13)18/h2-9H,1H3,(H,22,23)/b9-8+. The zero-order valence-corrected chi connectivity index (χ0v) is 14.5.